The molecule has 0 aromatic heterocycles. The molecule has 1 saturated carbocycles. The molecule has 1 aliphatic carbocycles. The number of carbonyl (C=O) groups excluding carboxylic acids is 2. The molecule has 0 radical (unpaired) electrons. The Hall–Kier alpha value is -3.12. The van der Waals surface area contributed by atoms with Gasteiger partial charge in [0.25, 0.3) is 5.91 Å². The second-order valence-electron chi connectivity index (χ2n) is 10.4. The number of nitrogens with zero attached hydrogens (tertiary/aromatic N) is 1. The van der Waals surface area contributed by atoms with Crippen LogP contribution < -0.4 is 10.1 Å². The number of nitrogens with one attached hydrogen (secondary N) is 1. The molecule has 200 valence electrons. The van der Waals surface area contributed by atoms with Crippen LogP contribution in [0.25, 0.3) is 0 Å². The van der Waals surface area contributed by atoms with Crippen LogP contribution >= 0.6 is 15.9 Å². The molecule has 0 unspecified atom stereocenters. The zero-order valence-electron chi connectivity index (χ0n) is 22.5. The summed E-state index contributed by atoms with van der Waals surface area (Å²) >= 11 is 3.59. The fraction of sp³-hybridized carbons (Fsp3) is 0.375. The fourth-order valence-corrected chi connectivity index (χ4v) is 5.26. The zero-order valence-corrected chi connectivity index (χ0v) is 24.1. The lowest BCUT2D eigenvalue weighted by Crippen LogP contribution is -2.53. The van der Waals surface area contributed by atoms with Crippen LogP contribution in [0, 0.1) is 20.8 Å². The van der Waals surface area contributed by atoms with Gasteiger partial charge in [-0.15, -0.1) is 0 Å². The molecule has 6 heteroatoms. The summed E-state index contributed by atoms with van der Waals surface area (Å²) in [4.78, 5) is 29.2. The molecule has 0 spiro atoms. The van der Waals surface area contributed by atoms with E-state index in [0.29, 0.717) is 18.7 Å². The van der Waals surface area contributed by atoms with Crippen LogP contribution in [0.2, 0.25) is 0 Å². The minimum atomic E-state index is -0.649. The number of hydrogen-bond donors (Lipinski definition) is 1. The minimum absolute atomic E-state index is 0.100. The van der Waals surface area contributed by atoms with Gasteiger partial charge in [0.15, 0.2) is 6.61 Å². The average Bonchev–Trinajstić information content (AvgIpc) is 3.42. The molecule has 4 rings (SSSR count). The Labute approximate surface area is 234 Å². The Bertz CT molecular complexity index is 1210. The molecule has 3 aromatic rings. The van der Waals surface area contributed by atoms with Crippen LogP contribution in [0.4, 0.5) is 0 Å². The molecule has 0 aliphatic heterocycles. The lowest BCUT2D eigenvalue weighted by Gasteiger charge is -2.32. The standard InChI is InChI=1S/C32H37BrN2O3/c1-22-13-15-26(16-14-22)20-35(30(36)21-38-28-17-23(2)31(33)24(3)18-28)29(19-25-9-5-4-6-10-25)32(37)34-27-11-7-8-12-27/h4-6,9-10,13-18,27,29H,7-8,11-12,19-21H2,1-3H3,(H,34,37)/t29-/m0/s1. The van der Waals surface area contributed by atoms with E-state index in [4.69, 9.17) is 4.74 Å². The molecule has 1 aliphatic rings. The summed E-state index contributed by atoms with van der Waals surface area (Å²) in [5.74, 6) is 0.324. The van der Waals surface area contributed by atoms with Crippen molar-refractivity contribution in [3.05, 3.63) is 99.0 Å². The molecule has 1 atom stereocenters. The zero-order chi connectivity index (χ0) is 27.1. The Morgan fingerprint density at radius 3 is 2.21 bits per heavy atom. The number of ether oxygens (including phenoxy) is 1. The molecule has 1 N–H and O–H groups in total. The van der Waals surface area contributed by atoms with Crippen LogP contribution in [0.5, 0.6) is 5.75 Å². The Morgan fingerprint density at radius 1 is 0.947 bits per heavy atom. The summed E-state index contributed by atoms with van der Waals surface area (Å²) in [6.45, 7) is 6.22. The molecule has 5 nitrogen and oxygen atoms in total. The van der Waals surface area contributed by atoms with Crippen molar-refractivity contribution in [2.45, 2.75) is 71.5 Å². The van der Waals surface area contributed by atoms with Crippen LogP contribution in [0.1, 0.15) is 53.5 Å². The van der Waals surface area contributed by atoms with Gasteiger partial charge in [-0.05, 0) is 68.0 Å². The van der Waals surface area contributed by atoms with E-state index >= 15 is 0 Å². The largest absolute Gasteiger partial charge is 0.484 e. The summed E-state index contributed by atoms with van der Waals surface area (Å²) in [6, 6.07) is 21.4. The first kappa shape index (κ1) is 27.9. The van der Waals surface area contributed by atoms with Crippen molar-refractivity contribution in [1.82, 2.24) is 10.2 Å². The van der Waals surface area contributed by atoms with Gasteiger partial charge < -0.3 is 15.0 Å². The van der Waals surface area contributed by atoms with Gasteiger partial charge >= 0.3 is 0 Å². The van der Waals surface area contributed by atoms with E-state index in [9.17, 15) is 9.59 Å². The average molecular weight is 578 g/mol. The highest BCUT2D eigenvalue weighted by atomic mass is 79.9. The van der Waals surface area contributed by atoms with Crippen molar-refractivity contribution >= 4 is 27.7 Å². The van der Waals surface area contributed by atoms with E-state index in [2.05, 4.69) is 21.2 Å². The normalized spacial score (nSPS) is 14.2. The fourth-order valence-electron chi connectivity index (χ4n) is 5.03. The van der Waals surface area contributed by atoms with Gasteiger partial charge in [-0.2, -0.15) is 0 Å². The van der Waals surface area contributed by atoms with Crippen molar-refractivity contribution in [2.24, 2.45) is 0 Å². The second-order valence-corrected chi connectivity index (χ2v) is 11.2. The van der Waals surface area contributed by atoms with Crippen LogP contribution in [-0.4, -0.2) is 35.4 Å². The van der Waals surface area contributed by atoms with Gasteiger partial charge in [-0.1, -0.05) is 88.9 Å². The maximum Gasteiger partial charge on any atom is 0.261 e. The first-order valence-corrected chi connectivity index (χ1v) is 14.2. The summed E-state index contributed by atoms with van der Waals surface area (Å²) in [5.41, 5.74) is 5.23. The molecule has 3 aromatic carbocycles. The maximum atomic E-state index is 13.8. The number of carbonyl (C=O) groups is 2. The molecule has 38 heavy (non-hydrogen) atoms. The van der Waals surface area contributed by atoms with E-state index in [1.165, 1.54) is 0 Å². The molecular formula is C32H37BrN2O3. The highest BCUT2D eigenvalue weighted by Gasteiger charge is 2.32. The van der Waals surface area contributed by atoms with Crippen molar-refractivity contribution in [3.63, 3.8) is 0 Å². The lowest BCUT2D eigenvalue weighted by atomic mass is 10.0. The number of benzene rings is 3. The van der Waals surface area contributed by atoms with E-state index in [-0.39, 0.29) is 24.5 Å². The van der Waals surface area contributed by atoms with Gasteiger partial charge in [0.1, 0.15) is 11.8 Å². The topological polar surface area (TPSA) is 58.6 Å². The summed E-state index contributed by atoms with van der Waals surface area (Å²) < 4.78 is 7.02. The smallest absolute Gasteiger partial charge is 0.261 e. The third-order valence-corrected chi connectivity index (χ3v) is 8.47. The highest BCUT2D eigenvalue weighted by Crippen LogP contribution is 2.27. The molecule has 0 heterocycles. The van der Waals surface area contributed by atoms with Gasteiger partial charge in [-0.25, -0.2) is 0 Å². The molecule has 0 saturated heterocycles. The van der Waals surface area contributed by atoms with Gasteiger partial charge in [0.2, 0.25) is 5.91 Å². The van der Waals surface area contributed by atoms with Crippen molar-refractivity contribution in [2.75, 3.05) is 6.61 Å². The third kappa shape index (κ3) is 7.47. The van der Waals surface area contributed by atoms with Crippen molar-refractivity contribution in [3.8, 4) is 5.75 Å². The van der Waals surface area contributed by atoms with E-state index in [1.54, 1.807) is 4.90 Å². The van der Waals surface area contributed by atoms with E-state index < -0.39 is 6.04 Å². The number of halogens is 1. The van der Waals surface area contributed by atoms with Gasteiger partial charge in [0, 0.05) is 23.5 Å². The first-order valence-electron chi connectivity index (χ1n) is 13.4. The van der Waals surface area contributed by atoms with Crippen molar-refractivity contribution in [1.29, 1.82) is 0 Å². The predicted molar refractivity (Wildman–Crippen MR) is 155 cm³/mol. The Morgan fingerprint density at radius 2 is 1.58 bits per heavy atom. The second kappa shape index (κ2) is 13.1. The number of hydrogen-bond acceptors (Lipinski definition) is 3. The molecule has 0 bridgehead atoms. The summed E-state index contributed by atoms with van der Waals surface area (Å²) in [7, 11) is 0. The maximum absolute atomic E-state index is 13.8. The highest BCUT2D eigenvalue weighted by molar-refractivity contribution is 9.10. The Kier molecular flexibility index (Phi) is 9.62. The van der Waals surface area contributed by atoms with Crippen molar-refractivity contribution < 1.29 is 14.3 Å². The molecule has 2 amide bonds. The monoisotopic (exact) mass is 576 g/mol. The van der Waals surface area contributed by atoms with E-state index in [1.807, 2.05) is 87.5 Å². The molecule has 1 fully saturated rings. The third-order valence-electron chi connectivity index (χ3n) is 7.22. The minimum Gasteiger partial charge on any atom is -0.484 e. The molecular weight excluding hydrogens is 540 g/mol. The SMILES string of the molecule is Cc1ccc(CN(C(=O)COc2cc(C)c(Br)c(C)c2)[C@@H](Cc2ccccc2)C(=O)NC2CCCC2)cc1. The summed E-state index contributed by atoms with van der Waals surface area (Å²) in [5, 5.41) is 3.25. The van der Waals surface area contributed by atoms with Crippen LogP contribution in [0.3, 0.4) is 0 Å². The number of aryl methyl sites for hydroxylation is 3. The Balaban J connectivity index is 1.61. The predicted octanol–water partition coefficient (Wildman–Crippen LogP) is 6.45. The van der Waals surface area contributed by atoms with E-state index in [0.717, 1.165) is 58.0 Å². The van der Waals surface area contributed by atoms with Gasteiger partial charge in [0.05, 0.1) is 0 Å². The first-order chi connectivity index (χ1) is 18.3. The lowest BCUT2D eigenvalue weighted by molar-refractivity contribution is -0.143. The quantitative estimate of drug-likeness (QED) is 0.301. The number of amides is 2. The van der Waals surface area contributed by atoms with Crippen LogP contribution in [0.15, 0.2) is 71.2 Å². The van der Waals surface area contributed by atoms with Crippen LogP contribution in [-0.2, 0) is 22.6 Å². The number of rotatable bonds is 10. The van der Waals surface area contributed by atoms with Gasteiger partial charge in [-0.3, -0.25) is 9.59 Å². The summed E-state index contributed by atoms with van der Waals surface area (Å²) in [6.07, 6.45) is 4.66.